The van der Waals surface area contributed by atoms with E-state index in [0.717, 1.165) is 18.0 Å². The average Bonchev–Trinajstić information content (AvgIpc) is 3.04. The maximum atomic E-state index is 13.1. The number of aliphatic imine (C=N–C) groups is 1. The van der Waals surface area contributed by atoms with Crippen molar-refractivity contribution in [1.29, 1.82) is 0 Å². The Hall–Kier alpha value is -2.15. The zero-order valence-corrected chi connectivity index (χ0v) is 14.8. The molecule has 5 nitrogen and oxygen atoms in total. The largest absolute Gasteiger partial charge is 0.492 e. The van der Waals surface area contributed by atoms with Crippen LogP contribution in [0.1, 0.15) is 23.7 Å². The number of guanidine groups is 1. The van der Waals surface area contributed by atoms with E-state index in [2.05, 4.69) is 27.5 Å². The number of aromatic nitrogens is 1. The predicted molar refractivity (Wildman–Crippen MR) is 96.2 cm³/mol. The van der Waals surface area contributed by atoms with Crippen LogP contribution in [0.15, 0.2) is 35.5 Å². The Morgan fingerprint density at radius 2 is 2.21 bits per heavy atom. The smallest absolute Gasteiger partial charge is 0.191 e. The highest BCUT2D eigenvalue weighted by Gasteiger charge is 2.02. The average molecular weight is 350 g/mol. The summed E-state index contributed by atoms with van der Waals surface area (Å²) in [6.45, 7) is 6.44. The van der Waals surface area contributed by atoms with Crippen molar-refractivity contribution in [2.24, 2.45) is 4.99 Å². The van der Waals surface area contributed by atoms with Crippen molar-refractivity contribution in [3.05, 3.63) is 46.2 Å². The molecule has 0 radical (unpaired) electrons. The van der Waals surface area contributed by atoms with Crippen molar-refractivity contribution in [2.75, 3.05) is 19.7 Å². The third-order valence-electron chi connectivity index (χ3n) is 3.13. The highest BCUT2D eigenvalue weighted by molar-refractivity contribution is 7.11. The van der Waals surface area contributed by atoms with Gasteiger partial charge in [-0.2, -0.15) is 0 Å². The molecule has 0 spiro atoms. The molecule has 2 rings (SSSR count). The van der Waals surface area contributed by atoms with E-state index in [1.54, 1.807) is 23.5 Å². The lowest BCUT2D eigenvalue weighted by atomic mass is 10.3. The zero-order valence-electron chi connectivity index (χ0n) is 14.0. The van der Waals surface area contributed by atoms with Crippen molar-refractivity contribution < 1.29 is 9.13 Å². The number of hydrogen-bond acceptors (Lipinski definition) is 4. The van der Waals surface area contributed by atoms with E-state index in [1.165, 1.54) is 17.0 Å². The molecule has 0 saturated carbocycles. The molecule has 0 saturated heterocycles. The van der Waals surface area contributed by atoms with E-state index in [0.29, 0.717) is 31.4 Å². The first-order valence-electron chi connectivity index (χ1n) is 8.05. The van der Waals surface area contributed by atoms with Gasteiger partial charge in [0, 0.05) is 23.7 Å². The molecular weight excluding hydrogens is 327 g/mol. The van der Waals surface area contributed by atoms with Gasteiger partial charge in [-0.05, 0) is 25.5 Å². The summed E-state index contributed by atoms with van der Waals surface area (Å²) in [6.07, 6.45) is 2.90. The Balaban J connectivity index is 1.78. The summed E-state index contributed by atoms with van der Waals surface area (Å²) in [5.74, 6) is 0.937. The topological polar surface area (TPSA) is 58.5 Å². The third kappa shape index (κ3) is 6.16. The van der Waals surface area contributed by atoms with E-state index < -0.39 is 0 Å². The molecule has 0 amide bonds. The summed E-state index contributed by atoms with van der Waals surface area (Å²) in [5.41, 5.74) is 0. The second-order valence-corrected chi connectivity index (χ2v) is 6.20. The predicted octanol–water partition coefficient (Wildman–Crippen LogP) is 2.98. The zero-order chi connectivity index (χ0) is 17.2. The van der Waals surface area contributed by atoms with Crippen molar-refractivity contribution in [3.63, 3.8) is 0 Å². The van der Waals surface area contributed by atoms with Gasteiger partial charge < -0.3 is 15.4 Å². The lowest BCUT2D eigenvalue weighted by molar-refractivity contribution is 0.320. The fourth-order valence-corrected chi connectivity index (χ4v) is 2.76. The molecule has 130 valence electrons. The summed E-state index contributed by atoms with van der Waals surface area (Å²) < 4.78 is 18.6. The first-order valence-corrected chi connectivity index (χ1v) is 8.87. The number of aryl methyl sites for hydroxylation is 1. The Morgan fingerprint density at radius 1 is 1.33 bits per heavy atom. The quantitative estimate of drug-likeness (QED) is 0.437. The number of ether oxygens (including phenoxy) is 1. The first kappa shape index (κ1) is 18.2. The van der Waals surface area contributed by atoms with Gasteiger partial charge in [0.25, 0.3) is 0 Å². The normalized spacial score (nSPS) is 11.4. The van der Waals surface area contributed by atoms with Crippen LogP contribution in [-0.2, 0) is 13.0 Å². The Morgan fingerprint density at radius 3 is 2.92 bits per heavy atom. The molecule has 1 aromatic heterocycles. The lowest BCUT2D eigenvalue weighted by Crippen LogP contribution is -2.39. The van der Waals surface area contributed by atoms with Gasteiger partial charge in [0.2, 0.25) is 0 Å². The molecular formula is C17H23FN4OS. The molecule has 0 aliphatic carbocycles. The summed E-state index contributed by atoms with van der Waals surface area (Å²) in [6, 6.07) is 6.12. The van der Waals surface area contributed by atoms with E-state index in [9.17, 15) is 4.39 Å². The van der Waals surface area contributed by atoms with Gasteiger partial charge in [-0.25, -0.2) is 14.4 Å². The van der Waals surface area contributed by atoms with Gasteiger partial charge in [-0.3, -0.25) is 0 Å². The highest BCUT2D eigenvalue weighted by atomic mass is 32.1. The van der Waals surface area contributed by atoms with E-state index in [4.69, 9.17) is 4.74 Å². The molecule has 0 unspecified atom stereocenters. The first-order chi connectivity index (χ1) is 11.7. The molecule has 24 heavy (non-hydrogen) atoms. The number of hydrogen-bond donors (Lipinski definition) is 2. The van der Waals surface area contributed by atoms with E-state index in [1.807, 2.05) is 13.1 Å². The fraction of sp³-hybridized carbons (Fsp3) is 0.412. The number of halogens is 1. The van der Waals surface area contributed by atoms with Crippen LogP contribution in [0.4, 0.5) is 4.39 Å². The summed E-state index contributed by atoms with van der Waals surface area (Å²) in [5, 5.41) is 7.38. The van der Waals surface area contributed by atoms with Gasteiger partial charge >= 0.3 is 0 Å². The molecule has 2 aromatic rings. The van der Waals surface area contributed by atoms with Crippen LogP contribution in [0.3, 0.4) is 0 Å². The van der Waals surface area contributed by atoms with Gasteiger partial charge in [0.1, 0.15) is 23.2 Å². The number of benzene rings is 1. The van der Waals surface area contributed by atoms with Crippen LogP contribution >= 0.6 is 11.3 Å². The minimum absolute atomic E-state index is 0.301. The molecule has 0 fully saturated rings. The summed E-state index contributed by atoms with van der Waals surface area (Å²) in [4.78, 5) is 10.1. The van der Waals surface area contributed by atoms with E-state index in [-0.39, 0.29) is 5.82 Å². The van der Waals surface area contributed by atoms with Gasteiger partial charge in [0.15, 0.2) is 5.96 Å². The van der Waals surface area contributed by atoms with Crippen LogP contribution < -0.4 is 15.4 Å². The fourth-order valence-electron chi connectivity index (χ4n) is 1.97. The van der Waals surface area contributed by atoms with Crippen LogP contribution in [-0.4, -0.2) is 30.6 Å². The molecule has 0 aliphatic rings. The van der Waals surface area contributed by atoms with Gasteiger partial charge in [0.05, 0.1) is 13.1 Å². The summed E-state index contributed by atoms with van der Waals surface area (Å²) in [7, 11) is 0. The SMILES string of the molecule is CCNC(=NCc1ncc(CC)s1)NCCOc1cccc(F)c1. The molecule has 7 heteroatoms. The van der Waals surface area contributed by atoms with Crippen LogP contribution in [0.2, 0.25) is 0 Å². The van der Waals surface area contributed by atoms with Crippen molar-refractivity contribution in [3.8, 4) is 5.75 Å². The van der Waals surface area contributed by atoms with Crippen molar-refractivity contribution >= 4 is 17.3 Å². The standard InChI is InChI=1S/C17H23FN4OS/c1-3-15-11-21-16(24-15)12-22-17(19-4-2)20-8-9-23-14-7-5-6-13(18)10-14/h5-7,10-11H,3-4,8-9,12H2,1-2H3,(H2,19,20,22). The van der Waals surface area contributed by atoms with Gasteiger partial charge in [-0.1, -0.05) is 13.0 Å². The Bertz CT molecular complexity index is 660. The molecule has 1 aromatic carbocycles. The van der Waals surface area contributed by atoms with E-state index >= 15 is 0 Å². The monoisotopic (exact) mass is 350 g/mol. The van der Waals surface area contributed by atoms with Gasteiger partial charge in [-0.15, -0.1) is 11.3 Å². The maximum absolute atomic E-state index is 13.1. The molecule has 0 bridgehead atoms. The highest BCUT2D eigenvalue weighted by Crippen LogP contribution is 2.14. The summed E-state index contributed by atoms with van der Waals surface area (Å²) >= 11 is 1.69. The second-order valence-electron chi connectivity index (χ2n) is 5.00. The van der Waals surface area contributed by atoms with Crippen LogP contribution in [0.25, 0.3) is 0 Å². The van der Waals surface area contributed by atoms with Crippen LogP contribution in [0.5, 0.6) is 5.75 Å². The third-order valence-corrected chi connectivity index (χ3v) is 4.25. The number of nitrogens with zero attached hydrogens (tertiary/aromatic N) is 2. The lowest BCUT2D eigenvalue weighted by Gasteiger charge is -2.11. The van der Waals surface area contributed by atoms with Crippen molar-refractivity contribution in [2.45, 2.75) is 26.8 Å². The molecule has 1 heterocycles. The Labute approximate surface area is 146 Å². The number of rotatable bonds is 8. The Kier molecular flexibility index (Phi) is 7.48. The van der Waals surface area contributed by atoms with Crippen LogP contribution in [0, 0.1) is 5.82 Å². The number of thiazole rings is 1. The van der Waals surface area contributed by atoms with Crippen molar-refractivity contribution in [1.82, 2.24) is 15.6 Å². The number of nitrogens with one attached hydrogen (secondary N) is 2. The maximum Gasteiger partial charge on any atom is 0.191 e. The minimum Gasteiger partial charge on any atom is -0.492 e. The molecule has 2 N–H and O–H groups in total. The minimum atomic E-state index is -0.301. The second kappa shape index (κ2) is 9.87. The molecule has 0 aliphatic heterocycles. The molecule has 0 atom stereocenters.